The molecule has 98 valence electrons. The molecule has 0 spiro atoms. The Morgan fingerprint density at radius 1 is 1.35 bits per heavy atom. The van der Waals surface area contributed by atoms with Crippen LogP contribution in [0.4, 0.5) is 5.82 Å². The van der Waals surface area contributed by atoms with Gasteiger partial charge in [0.15, 0.2) is 0 Å². The Labute approximate surface area is 103 Å². The van der Waals surface area contributed by atoms with E-state index in [0.29, 0.717) is 6.54 Å². The van der Waals surface area contributed by atoms with Crippen LogP contribution in [-0.4, -0.2) is 35.1 Å². The van der Waals surface area contributed by atoms with Gasteiger partial charge in [0.25, 0.3) is 0 Å². The van der Waals surface area contributed by atoms with Gasteiger partial charge in [-0.2, -0.15) is 5.10 Å². The molecule has 0 aliphatic heterocycles. The maximum absolute atomic E-state index is 8.73. The SMILES string of the molecule is Cc1nn(C)c(N(C)CCCCCO)c1CN. The van der Waals surface area contributed by atoms with Gasteiger partial charge in [-0.25, -0.2) is 0 Å². The summed E-state index contributed by atoms with van der Waals surface area (Å²) in [6.07, 6.45) is 3.00. The second-order valence-electron chi connectivity index (χ2n) is 4.42. The second kappa shape index (κ2) is 6.61. The minimum atomic E-state index is 0.280. The third kappa shape index (κ3) is 3.44. The third-order valence-corrected chi connectivity index (χ3v) is 3.03. The number of aromatic nitrogens is 2. The van der Waals surface area contributed by atoms with Crippen molar-refractivity contribution in [3.8, 4) is 0 Å². The largest absolute Gasteiger partial charge is 0.396 e. The van der Waals surface area contributed by atoms with Gasteiger partial charge in [-0.15, -0.1) is 0 Å². The molecule has 0 aliphatic carbocycles. The van der Waals surface area contributed by atoms with Crippen LogP contribution < -0.4 is 10.6 Å². The number of aliphatic hydroxyl groups excluding tert-OH is 1. The predicted octanol–water partition coefficient (Wildman–Crippen LogP) is 0.786. The van der Waals surface area contributed by atoms with Crippen LogP contribution in [-0.2, 0) is 13.6 Å². The van der Waals surface area contributed by atoms with E-state index >= 15 is 0 Å². The summed E-state index contributed by atoms with van der Waals surface area (Å²) in [5.41, 5.74) is 7.89. The number of unbranched alkanes of at least 4 members (excludes halogenated alkanes) is 2. The molecule has 0 aromatic carbocycles. The fraction of sp³-hybridized carbons (Fsp3) is 0.750. The molecule has 1 aromatic rings. The average molecular weight is 240 g/mol. The van der Waals surface area contributed by atoms with Gasteiger partial charge in [0, 0.05) is 39.4 Å². The fourth-order valence-corrected chi connectivity index (χ4v) is 2.15. The van der Waals surface area contributed by atoms with E-state index in [-0.39, 0.29) is 6.61 Å². The molecule has 0 bridgehead atoms. The number of hydrogen-bond donors (Lipinski definition) is 2. The molecule has 0 saturated carbocycles. The fourth-order valence-electron chi connectivity index (χ4n) is 2.15. The van der Waals surface area contributed by atoms with Crippen molar-refractivity contribution < 1.29 is 5.11 Å². The van der Waals surface area contributed by atoms with Crippen molar-refractivity contribution in [1.82, 2.24) is 9.78 Å². The summed E-state index contributed by atoms with van der Waals surface area (Å²) in [5, 5.41) is 13.1. The van der Waals surface area contributed by atoms with Crippen LogP contribution in [0.25, 0.3) is 0 Å². The summed E-state index contributed by atoms with van der Waals surface area (Å²) in [7, 11) is 4.01. The van der Waals surface area contributed by atoms with Crippen LogP contribution >= 0.6 is 0 Å². The molecule has 5 heteroatoms. The number of aliphatic hydroxyl groups is 1. The van der Waals surface area contributed by atoms with Crippen LogP contribution in [0.2, 0.25) is 0 Å². The van der Waals surface area contributed by atoms with Crippen LogP contribution in [0, 0.1) is 6.92 Å². The van der Waals surface area contributed by atoms with Gasteiger partial charge in [0.05, 0.1) is 5.69 Å². The number of anilines is 1. The van der Waals surface area contributed by atoms with Gasteiger partial charge < -0.3 is 15.7 Å². The Hall–Kier alpha value is -1.07. The Kier molecular flexibility index (Phi) is 5.44. The van der Waals surface area contributed by atoms with Crippen molar-refractivity contribution in [1.29, 1.82) is 0 Å². The van der Waals surface area contributed by atoms with Gasteiger partial charge in [-0.3, -0.25) is 4.68 Å². The molecular weight excluding hydrogens is 216 g/mol. The lowest BCUT2D eigenvalue weighted by Crippen LogP contribution is -2.23. The zero-order valence-corrected chi connectivity index (χ0v) is 11.1. The topological polar surface area (TPSA) is 67.3 Å². The van der Waals surface area contributed by atoms with Gasteiger partial charge in [0.2, 0.25) is 0 Å². The lowest BCUT2D eigenvalue weighted by atomic mass is 10.2. The van der Waals surface area contributed by atoms with E-state index in [4.69, 9.17) is 10.8 Å². The highest BCUT2D eigenvalue weighted by Crippen LogP contribution is 2.21. The summed E-state index contributed by atoms with van der Waals surface area (Å²) in [4.78, 5) is 2.19. The standard InChI is InChI=1S/C12H24N4O/c1-10-11(9-13)12(16(3)14-10)15(2)7-5-4-6-8-17/h17H,4-9,13H2,1-3H3. The van der Waals surface area contributed by atoms with Crippen molar-refractivity contribution in [2.75, 3.05) is 25.1 Å². The van der Waals surface area contributed by atoms with Crippen molar-refractivity contribution >= 4 is 5.82 Å². The molecular formula is C12H24N4O. The van der Waals surface area contributed by atoms with Crippen LogP contribution in [0.15, 0.2) is 0 Å². The van der Waals surface area contributed by atoms with E-state index in [1.54, 1.807) is 0 Å². The number of aryl methyl sites for hydroxylation is 2. The maximum Gasteiger partial charge on any atom is 0.131 e. The molecule has 3 N–H and O–H groups in total. The van der Waals surface area contributed by atoms with Gasteiger partial charge in [-0.05, 0) is 26.2 Å². The third-order valence-electron chi connectivity index (χ3n) is 3.03. The Bertz CT molecular complexity index is 349. The van der Waals surface area contributed by atoms with Crippen LogP contribution in [0.3, 0.4) is 0 Å². The highest BCUT2D eigenvalue weighted by molar-refractivity contribution is 5.49. The molecule has 0 atom stereocenters. The molecule has 0 amide bonds. The number of nitrogens with two attached hydrogens (primary N) is 1. The van der Waals surface area contributed by atoms with Crippen LogP contribution in [0.1, 0.15) is 30.5 Å². The molecule has 1 rings (SSSR count). The maximum atomic E-state index is 8.73. The summed E-state index contributed by atoms with van der Waals surface area (Å²) >= 11 is 0. The second-order valence-corrected chi connectivity index (χ2v) is 4.42. The molecule has 0 unspecified atom stereocenters. The Morgan fingerprint density at radius 2 is 2.06 bits per heavy atom. The molecule has 0 saturated heterocycles. The van der Waals surface area contributed by atoms with E-state index < -0.39 is 0 Å². The molecule has 17 heavy (non-hydrogen) atoms. The van der Waals surface area contributed by atoms with Crippen molar-refractivity contribution in [3.05, 3.63) is 11.3 Å². The summed E-state index contributed by atoms with van der Waals surface area (Å²) in [5.74, 6) is 1.11. The quantitative estimate of drug-likeness (QED) is 0.691. The number of rotatable bonds is 7. The summed E-state index contributed by atoms with van der Waals surface area (Å²) < 4.78 is 1.89. The minimum absolute atomic E-state index is 0.280. The Morgan fingerprint density at radius 3 is 2.65 bits per heavy atom. The number of nitrogens with zero attached hydrogens (tertiary/aromatic N) is 3. The highest BCUT2D eigenvalue weighted by Gasteiger charge is 2.15. The van der Waals surface area contributed by atoms with Crippen LogP contribution in [0.5, 0.6) is 0 Å². The van der Waals surface area contributed by atoms with Gasteiger partial charge in [-0.1, -0.05) is 0 Å². The summed E-state index contributed by atoms with van der Waals surface area (Å²) in [6.45, 7) is 3.76. The molecule has 0 aliphatic rings. The van der Waals surface area contributed by atoms with Crippen molar-refractivity contribution in [2.24, 2.45) is 12.8 Å². The van der Waals surface area contributed by atoms with E-state index in [9.17, 15) is 0 Å². The van der Waals surface area contributed by atoms with Crippen molar-refractivity contribution in [3.63, 3.8) is 0 Å². The Balaban J connectivity index is 2.64. The van der Waals surface area contributed by atoms with E-state index in [1.807, 2.05) is 18.7 Å². The predicted molar refractivity (Wildman–Crippen MR) is 70.0 cm³/mol. The molecule has 5 nitrogen and oxygen atoms in total. The number of hydrogen-bond acceptors (Lipinski definition) is 4. The molecule has 0 radical (unpaired) electrons. The first kappa shape index (κ1) is 14.0. The van der Waals surface area contributed by atoms with E-state index in [1.165, 1.54) is 0 Å². The van der Waals surface area contributed by atoms with Crippen molar-refractivity contribution in [2.45, 2.75) is 32.7 Å². The highest BCUT2D eigenvalue weighted by atomic mass is 16.2. The normalized spacial score (nSPS) is 10.9. The first-order chi connectivity index (χ1) is 8.11. The zero-order valence-electron chi connectivity index (χ0n) is 11.1. The molecule has 0 fully saturated rings. The molecule has 1 aromatic heterocycles. The first-order valence-electron chi connectivity index (χ1n) is 6.16. The smallest absolute Gasteiger partial charge is 0.131 e. The molecule has 1 heterocycles. The van der Waals surface area contributed by atoms with Gasteiger partial charge in [0.1, 0.15) is 5.82 Å². The zero-order chi connectivity index (χ0) is 12.8. The lowest BCUT2D eigenvalue weighted by Gasteiger charge is -2.20. The minimum Gasteiger partial charge on any atom is -0.396 e. The van der Waals surface area contributed by atoms with E-state index in [2.05, 4.69) is 17.0 Å². The summed E-state index contributed by atoms with van der Waals surface area (Å²) in [6, 6.07) is 0. The van der Waals surface area contributed by atoms with E-state index in [0.717, 1.165) is 42.9 Å². The lowest BCUT2D eigenvalue weighted by molar-refractivity contribution is 0.283. The first-order valence-corrected chi connectivity index (χ1v) is 6.16. The average Bonchev–Trinajstić information content (AvgIpc) is 2.58. The van der Waals surface area contributed by atoms with Gasteiger partial charge >= 0.3 is 0 Å². The monoisotopic (exact) mass is 240 g/mol.